The molecule has 0 radical (unpaired) electrons. The van der Waals surface area contributed by atoms with E-state index in [0.717, 1.165) is 18.4 Å². The van der Waals surface area contributed by atoms with Crippen molar-refractivity contribution in [1.29, 1.82) is 0 Å². The molecule has 17 heavy (non-hydrogen) atoms. The van der Waals surface area contributed by atoms with Crippen LogP contribution >= 0.6 is 0 Å². The molecule has 0 aromatic rings. The number of hydrogen-bond acceptors (Lipinski definition) is 3. The number of ether oxygens (including phenoxy) is 2. The molecule has 0 saturated heterocycles. The highest BCUT2D eigenvalue weighted by Crippen LogP contribution is 2.29. The molecule has 0 aromatic carbocycles. The Morgan fingerprint density at radius 2 is 1.94 bits per heavy atom. The molecule has 2 atom stereocenters. The van der Waals surface area contributed by atoms with Crippen LogP contribution in [-0.2, 0) is 9.47 Å². The average molecular weight is 242 g/mol. The van der Waals surface area contributed by atoms with Gasteiger partial charge in [-0.1, -0.05) is 25.8 Å². The topological polar surface area (TPSA) is 38.7 Å². The SMILES string of the molecule is C=C(COC(C)OCC)C(O)C1CCCCC1. The molecule has 1 aliphatic carbocycles. The average Bonchev–Trinajstić information content (AvgIpc) is 2.36. The van der Waals surface area contributed by atoms with E-state index in [4.69, 9.17) is 9.47 Å². The molecule has 1 fully saturated rings. The molecule has 0 spiro atoms. The maximum Gasteiger partial charge on any atom is 0.155 e. The highest BCUT2D eigenvalue weighted by Gasteiger charge is 2.23. The zero-order chi connectivity index (χ0) is 12.7. The van der Waals surface area contributed by atoms with Gasteiger partial charge in [-0.05, 0) is 38.2 Å². The van der Waals surface area contributed by atoms with E-state index in [0.29, 0.717) is 19.1 Å². The minimum absolute atomic E-state index is 0.227. The predicted octanol–water partition coefficient (Wildman–Crippen LogP) is 2.88. The van der Waals surface area contributed by atoms with Gasteiger partial charge in [0.25, 0.3) is 0 Å². The van der Waals surface area contributed by atoms with E-state index in [-0.39, 0.29) is 6.29 Å². The lowest BCUT2D eigenvalue weighted by atomic mass is 9.83. The lowest BCUT2D eigenvalue weighted by molar-refractivity contribution is -0.123. The minimum atomic E-state index is -0.413. The molecular formula is C14H26O3. The molecule has 1 aliphatic rings. The Bertz CT molecular complexity index is 222. The van der Waals surface area contributed by atoms with Crippen LogP contribution in [0.4, 0.5) is 0 Å². The summed E-state index contributed by atoms with van der Waals surface area (Å²) in [7, 11) is 0. The van der Waals surface area contributed by atoms with E-state index < -0.39 is 6.10 Å². The fourth-order valence-electron chi connectivity index (χ4n) is 2.38. The summed E-state index contributed by atoms with van der Waals surface area (Å²) in [5.41, 5.74) is 0.781. The number of rotatable bonds is 7. The van der Waals surface area contributed by atoms with Crippen molar-refractivity contribution in [3.63, 3.8) is 0 Å². The molecule has 1 saturated carbocycles. The van der Waals surface area contributed by atoms with Crippen LogP contribution in [0.1, 0.15) is 46.0 Å². The van der Waals surface area contributed by atoms with E-state index in [1.165, 1.54) is 19.3 Å². The zero-order valence-electron chi connectivity index (χ0n) is 11.2. The number of aliphatic hydroxyl groups excluding tert-OH is 1. The summed E-state index contributed by atoms with van der Waals surface area (Å²) in [4.78, 5) is 0. The molecule has 0 heterocycles. The maximum absolute atomic E-state index is 10.2. The molecule has 0 amide bonds. The second-order valence-electron chi connectivity index (χ2n) is 4.84. The van der Waals surface area contributed by atoms with Crippen molar-refractivity contribution in [3.8, 4) is 0 Å². The Morgan fingerprint density at radius 1 is 1.29 bits per heavy atom. The fraction of sp³-hybridized carbons (Fsp3) is 0.857. The van der Waals surface area contributed by atoms with Gasteiger partial charge in [0.15, 0.2) is 6.29 Å². The summed E-state index contributed by atoms with van der Waals surface area (Å²) in [6.07, 6.45) is 5.34. The predicted molar refractivity (Wildman–Crippen MR) is 68.8 cm³/mol. The molecule has 3 heteroatoms. The van der Waals surface area contributed by atoms with E-state index >= 15 is 0 Å². The third-order valence-electron chi connectivity index (χ3n) is 3.42. The normalized spacial score (nSPS) is 21.1. The highest BCUT2D eigenvalue weighted by molar-refractivity contribution is 5.04. The molecular weight excluding hydrogens is 216 g/mol. The van der Waals surface area contributed by atoms with Gasteiger partial charge in [-0.15, -0.1) is 0 Å². The first-order valence-corrected chi connectivity index (χ1v) is 6.74. The Hall–Kier alpha value is -0.380. The van der Waals surface area contributed by atoms with Crippen LogP contribution in [0.25, 0.3) is 0 Å². The van der Waals surface area contributed by atoms with Crippen molar-refractivity contribution < 1.29 is 14.6 Å². The maximum atomic E-state index is 10.2. The monoisotopic (exact) mass is 242 g/mol. The highest BCUT2D eigenvalue weighted by atomic mass is 16.7. The van der Waals surface area contributed by atoms with Crippen molar-refractivity contribution in [3.05, 3.63) is 12.2 Å². The lowest BCUT2D eigenvalue weighted by Gasteiger charge is -2.28. The second kappa shape index (κ2) is 7.85. The number of aliphatic hydroxyl groups is 1. The molecule has 3 nitrogen and oxygen atoms in total. The van der Waals surface area contributed by atoms with Gasteiger partial charge in [0.2, 0.25) is 0 Å². The first kappa shape index (κ1) is 14.7. The van der Waals surface area contributed by atoms with Crippen LogP contribution in [0.15, 0.2) is 12.2 Å². The van der Waals surface area contributed by atoms with E-state index in [1.54, 1.807) is 0 Å². The van der Waals surface area contributed by atoms with Crippen LogP contribution in [0.2, 0.25) is 0 Å². The summed E-state index contributed by atoms with van der Waals surface area (Å²) in [6.45, 7) is 8.76. The van der Waals surface area contributed by atoms with E-state index in [2.05, 4.69) is 6.58 Å². The standard InChI is InChI=1S/C14H26O3/c1-4-16-12(3)17-10-11(2)14(15)13-8-6-5-7-9-13/h12-15H,2,4-10H2,1,3H3. The van der Waals surface area contributed by atoms with Crippen LogP contribution < -0.4 is 0 Å². The van der Waals surface area contributed by atoms with E-state index in [9.17, 15) is 5.11 Å². The second-order valence-corrected chi connectivity index (χ2v) is 4.84. The van der Waals surface area contributed by atoms with Gasteiger partial charge >= 0.3 is 0 Å². The first-order valence-electron chi connectivity index (χ1n) is 6.74. The molecule has 0 aromatic heterocycles. The van der Waals surface area contributed by atoms with Crippen molar-refractivity contribution in [1.82, 2.24) is 0 Å². The molecule has 0 aliphatic heterocycles. The van der Waals surface area contributed by atoms with Crippen molar-refractivity contribution in [2.75, 3.05) is 13.2 Å². The molecule has 1 rings (SSSR count). The van der Waals surface area contributed by atoms with Gasteiger partial charge in [-0.2, -0.15) is 0 Å². The summed E-state index contributed by atoms with van der Waals surface area (Å²) in [5, 5.41) is 10.2. The van der Waals surface area contributed by atoms with Gasteiger partial charge in [0.05, 0.1) is 12.7 Å². The van der Waals surface area contributed by atoms with Crippen LogP contribution in [-0.4, -0.2) is 30.7 Å². The van der Waals surface area contributed by atoms with Crippen LogP contribution in [0.3, 0.4) is 0 Å². The van der Waals surface area contributed by atoms with Crippen LogP contribution in [0.5, 0.6) is 0 Å². The lowest BCUT2D eigenvalue weighted by Crippen LogP contribution is -2.27. The Balaban J connectivity index is 2.25. The summed E-state index contributed by atoms with van der Waals surface area (Å²) >= 11 is 0. The Kier molecular flexibility index (Phi) is 6.78. The Labute approximate surface area is 105 Å². The molecule has 2 unspecified atom stereocenters. The largest absolute Gasteiger partial charge is 0.388 e. The van der Waals surface area contributed by atoms with Crippen molar-refractivity contribution in [2.24, 2.45) is 5.92 Å². The van der Waals surface area contributed by atoms with Crippen molar-refractivity contribution in [2.45, 2.75) is 58.3 Å². The Morgan fingerprint density at radius 3 is 2.53 bits per heavy atom. The summed E-state index contributed by atoms with van der Waals surface area (Å²) in [5.74, 6) is 0.377. The van der Waals surface area contributed by atoms with Gasteiger partial charge in [0.1, 0.15) is 0 Å². The van der Waals surface area contributed by atoms with Gasteiger partial charge in [-0.25, -0.2) is 0 Å². The first-order chi connectivity index (χ1) is 8.15. The smallest absolute Gasteiger partial charge is 0.155 e. The van der Waals surface area contributed by atoms with Gasteiger partial charge in [0, 0.05) is 6.61 Å². The van der Waals surface area contributed by atoms with Gasteiger partial charge in [-0.3, -0.25) is 0 Å². The van der Waals surface area contributed by atoms with E-state index in [1.807, 2.05) is 13.8 Å². The van der Waals surface area contributed by atoms with Crippen molar-refractivity contribution >= 4 is 0 Å². The summed E-state index contributed by atoms with van der Waals surface area (Å²) in [6, 6.07) is 0. The third kappa shape index (κ3) is 5.19. The molecule has 0 bridgehead atoms. The zero-order valence-corrected chi connectivity index (χ0v) is 11.2. The third-order valence-corrected chi connectivity index (χ3v) is 3.42. The molecule has 1 N–H and O–H groups in total. The minimum Gasteiger partial charge on any atom is -0.388 e. The fourth-order valence-corrected chi connectivity index (χ4v) is 2.38. The molecule has 100 valence electrons. The van der Waals surface area contributed by atoms with Crippen LogP contribution in [0, 0.1) is 5.92 Å². The number of hydrogen-bond donors (Lipinski definition) is 1. The summed E-state index contributed by atoms with van der Waals surface area (Å²) < 4.78 is 10.7. The van der Waals surface area contributed by atoms with Gasteiger partial charge < -0.3 is 14.6 Å². The quantitative estimate of drug-likeness (QED) is 0.551.